The van der Waals surface area contributed by atoms with Crippen LogP contribution in [0.2, 0.25) is 0 Å². The van der Waals surface area contributed by atoms with Crippen molar-refractivity contribution < 1.29 is 0 Å². The lowest BCUT2D eigenvalue weighted by Crippen LogP contribution is -2.38. The van der Waals surface area contributed by atoms with Crippen LogP contribution in [0.3, 0.4) is 0 Å². The normalized spacial score (nSPS) is 12.9. The Balaban J connectivity index is 3.78. The van der Waals surface area contributed by atoms with Crippen LogP contribution >= 0.6 is 0 Å². The van der Waals surface area contributed by atoms with Gasteiger partial charge in [-0.3, -0.25) is 0 Å². The van der Waals surface area contributed by atoms with Gasteiger partial charge in [-0.2, -0.15) is 5.26 Å². The molecule has 94 valence electrons. The zero-order valence-electron chi connectivity index (χ0n) is 11.7. The van der Waals surface area contributed by atoms with E-state index in [2.05, 4.69) is 44.2 Å². The van der Waals surface area contributed by atoms with Gasteiger partial charge in [0.2, 0.25) is 0 Å². The number of hydrogen-bond donors (Lipinski definition) is 1. The molecular weight excluding hydrogens is 198 g/mol. The maximum Gasteiger partial charge on any atom is 0.0684 e. The molecule has 0 saturated heterocycles. The second-order valence-corrected chi connectivity index (χ2v) is 6.32. The van der Waals surface area contributed by atoms with Gasteiger partial charge in [0.1, 0.15) is 0 Å². The van der Waals surface area contributed by atoms with Gasteiger partial charge in [0, 0.05) is 13.1 Å². The van der Waals surface area contributed by atoms with Crippen molar-refractivity contribution in [1.82, 2.24) is 10.2 Å². The minimum atomic E-state index is -0.210. The van der Waals surface area contributed by atoms with Crippen molar-refractivity contribution in [2.24, 2.45) is 10.8 Å². The molecule has 0 amide bonds. The van der Waals surface area contributed by atoms with E-state index in [1.807, 2.05) is 13.8 Å². The number of nitriles is 1. The second kappa shape index (κ2) is 6.22. The Bertz CT molecular complexity index is 236. The van der Waals surface area contributed by atoms with Crippen LogP contribution in [0.25, 0.3) is 0 Å². The highest BCUT2D eigenvalue weighted by Gasteiger charge is 2.20. The van der Waals surface area contributed by atoms with E-state index in [1.165, 1.54) is 0 Å². The van der Waals surface area contributed by atoms with Crippen LogP contribution in [0.1, 0.15) is 34.1 Å². The first-order valence-corrected chi connectivity index (χ1v) is 5.95. The third-order valence-corrected chi connectivity index (χ3v) is 2.58. The van der Waals surface area contributed by atoms with E-state index in [-0.39, 0.29) is 10.8 Å². The van der Waals surface area contributed by atoms with Crippen LogP contribution in [-0.4, -0.2) is 38.6 Å². The fraction of sp³-hybridized carbons (Fsp3) is 0.923. The van der Waals surface area contributed by atoms with Crippen LogP contribution in [-0.2, 0) is 0 Å². The Morgan fingerprint density at radius 2 is 1.75 bits per heavy atom. The molecule has 0 bridgehead atoms. The van der Waals surface area contributed by atoms with Crippen LogP contribution < -0.4 is 5.32 Å². The summed E-state index contributed by atoms with van der Waals surface area (Å²) in [6, 6.07) is 2.32. The van der Waals surface area contributed by atoms with Gasteiger partial charge in [-0.15, -0.1) is 0 Å². The Hall–Kier alpha value is -0.590. The van der Waals surface area contributed by atoms with Gasteiger partial charge < -0.3 is 10.2 Å². The molecule has 16 heavy (non-hydrogen) atoms. The quantitative estimate of drug-likeness (QED) is 0.674. The number of rotatable bonds is 7. The predicted molar refractivity (Wildman–Crippen MR) is 69.2 cm³/mol. The van der Waals surface area contributed by atoms with Crippen molar-refractivity contribution >= 4 is 0 Å². The molecule has 0 spiro atoms. The number of hydrogen-bond acceptors (Lipinski definition) is 3. The Kier molecular flexibility index (Phi) is 5.99. The van der Waals surface area contributed by atoms with Gasteiger partial charge in [0.15, 0.2) is 0 Å². The van der Waals surface area contributed by atoms with E-state index in [9.17, 15) is 0 Å². The van der Waals surface area contributed by atoms with Gasteiger partial charge in [-0.25, -0.2) is 0 Å². The van der Waals surface area contributed by atoms with Crippen molar-refractivity contribution in [3.63, 3.8) is 0 Å². The lowest BCUT2D eigenvalue weighted by molar-refractivity contribution is 0.230. The van der Waals surface area contributed by atoms with Crippen molar-refractivity contribution in [2.45, 2.75) is 34.1 Å². The molecule has 0 radical (unpaired) electrons. The fourth-order valence-corrected chi connectivity index (χ4v) is 1.80. The largest absolute Gasteiger partial charge is 0.316 e. The van der Waals surface area contributed by atoms with Gasteiger partial charge >= 0.3 is 0 Å². The zero-order chi connectivity index (χ0) is 12.8. The fourth-order valence-electron chi connectivity index (χ4n) is 1.80. The standard InChI is InChI=1S/C13H27N3/c1-12(2,9-14)7-8-15-10-13(3,4)11-16(5)6/h15H,7-8,10-11H2,1-6H3. The van der Waals surface area contributed by atoms with Gasteiger partial charge in [-0.05, 0) is 46.3 Å². The molecule has 0 rings (SSSR count). The van der Waals surface area contributed by atoms with Gasteiger partial charge in [0.25, 0.3) is 0 Å². The highest BCUT2D eigenvalue weighted by atomic mass is 15.1. The summed E-state index contributed by atoms with van der Waals surface area (Å²) < 4.78 is 0. The van der Waals surface area contributed by atoms with E-state index < -0.39 is 0 Å². The first kappa shape index (κ1) is 15.4. The average Bonchev–Trinajstić information content (AvgIpc) is 2.11. The highest BCUT2D eigenvalue weighted by molar-refractivity contribution is 4.91. The van der Waals surface area contributed by atoms with Crippen LogP contribution in [0, 0.1) is 22.2 Å². The van der Waals surface area contributed by atoms with Crippen molar-refractivity contribution in [1.29, 1.82) is 5.26 Å². The topological polar surface area (TPSA) is 39.1 Å². The Morgan fingerprint density at radius 1 is 1.19 bits per heavy atom. The van der Waals surface area contributed by atoms with Crippen LogP contribution in [0.4, 0.5) is 0 Å². The molecule has 0 heterocycles. The SMILES string of the molecule is CN(C)CC(C)(C)CNCCC(C)(C)C#N. The number of nitrogens with zero attached hydrogens (tertiary/aromatic N) is 2. The smallest absolute Gasteiger partial charge is 0.0684 e. The molecule has 0 atom stereocenters. The average molecular weight is 225 g/mol. The van der Waals surface area contributed by atoms with E-state index in [1.54, 1.807) is 0 Å². The minimum absolute atomic E-state index is 0.210. The summed E-state index contributed by atoms with van der Waals surface area (Å²) in [6.07, 6.45) is 0.904. The molecule has 0 aromatic heterocycles. The van der Waals surface area contributed by atoms with E-state index in [0.717, 1.165) is 26.1 Å². The predicted octanol–water partition coefficient (Wildman–Crippen LogP) is 2.10. The summed E-state index contributed by atoms with van der Waals surface area (Å²) in [5.74, 6) is 0. The third-order valence-electron chi connectivity index (χ3n) is 2.58. The molecule has 0 aliphatic carbocycles. The summed E-state index contributed by atoms with van der Waals surface area (Å²) in [4.78, 5) is 2.21. The molecule has 0 aliphatic heterocycles. The molecule has 0 aromatic rings. The summed E-state index contributed by atoms with van der Waals surface area (Å²) in [7, 11) is 4.20. The summed E-state index contributed by atoms with van der Waals surface area (Å²) in [6.45, 7) is 11.5. The molecular formula is C13H27N3. The van der Waals surface area contributed by atoms with E-state index in [4.69, 9.17) is 5.26 Å². The Morgan fingerprint density at radius 3 is 2.19 bits per heavy atom. The monoisotopic (exact) mass is 225 g/mol. The highest BCUT2D eigenvalue weighted by Crippen LogP contribution is 2.18. The molecule has 0 saturated carbocycles. The van der Waals surface area contributed by atoms with Crippen molar-refractivity contribution in [2.75, 3.05) is 33.7 Å². The van der Waals surface area contributed by atoms with Crippen LogP contribution in [0.5, 0.6) is 0 Å². The molecule has 1 N–H and O–H groups in total. The minimum Gasteiger partial charge on any atom is -0.316 e. The van der Waals surface area contributed by atoms with Crippen molar-refractivity contribution in [3.8, 4) is 6.07 Å². The molecule has 0 unspecified atom stereocenters. The number of nitrogens with one attached hydrogen (secondary N) is 1. The third kappa shape index (κ3) is 7.67. The van der Waals surface area contributed by atoms with Crippen molar-refractivity contribution in [3.05, 3.63) is 0 Å². The zero-order valence-corrected chi connectivity index (χ0v) is 11.7. The van der Waals surface area contributed by atoms with E-state index in [0.29, 0.717) is 0 Å². The molecule has 0 aromatic carbocycles. The van der Waals surface area contributed by atoms with Gasteiger partial charge in [0.05, 0.1) is 11.5 Å². The van der Waals surface area contributed by atoms with Gasteiger partial charge in [-0.1, -0.05) is 13.8 Å². The summed E-state index contributed by atoms with van der Waals surface area (Å²) >= 11 is 0. The first-order chi connectivity index (χ1) is 7.18. The molecule has 0 aliphatic rings. The lowest BCUT2D eigenvalue weighted by Gasteiger charge is -2.29. The van der Waals surface area contributed by atoms with Crippen LogP contribution in [0.15, 0.2) is 0 Å². The summed E-state index contributed by atoms with van der Waals surface area (Å²) in [5, 5.41) is 12.3. The summed E-state index contributed by atoms with van der Waals surface area (Å²) in [5.41, 5.74) is 0.0684. The molecule has 3 heteroatoms. The maximum absolute atomic E-state index is 8.89. The Labute approximate surface area is 101 Å². The maximum atomic E-state index is 8.89. The second-order valence-electron chi connectivity index (χ2n) is 6.32. The molecule has 0 fully saturated rings. The molecule has 3 nitrogen and oxygen atoms in total. The first-order valence-electron chi connectivity index (χ1n) is 5.95. The van der Waals surface area contributed by atoms with E-state index >= 15 is 0 Å². The lowest BCUT2D eigenvalue weighted by atomic mass is 9.90.